The molecule has 0 amide bonds. The molecule has 0 radical (unpaired) electrons. The zero-order valence-electron chi connectivity index (χ0n) is 10.3. The Labute approximate surface area is 106 Å². The molecule has 0 spiro atoms. The number of nitrogens with zero attached hydrogens (tertiary/aromatic N) is 3. The van der Waals surface area contributed by atoms with Crippen molar-refractivity contribution in [3.8, 4) is 0 Å². The summed E-state index contributed by atoms with van der Waals surface area (Å²) in [5.74, 6) is 0.556. The highest BCUT2D eigenvalue weighted by atomic mass is 16.4. The Bertz CT molecular complexity index is 426. The fourth-order valence-corrected chi connectivity index (χ4v) is 2.16. The second-order valence-corrected chi connectivity index (χ2v) is 4.76. The van der Waals surface area contributed by atoms with Crippen molar-refractivity contribution in [3.05, 3.63) is 24.0 Å². The lowest BCUT2D eigenvalue weighted by atomic mass is 9.82. The van der Waals surface area contributed by atoms with E-state index < -0.39 is 0 Å². The summed E-state index contributed by atoms with van der Waals surface area (Å²) in [7, 11) is 1.99. The lowest BCUT2D eigenvalue weighted by Gasteiger charge is -2.35. The number of amidine groups is 1. The summed E-state index contributed by atoms with van der Waals surface area (Å²) < 4.78 is 0. The van der Waals surface area contributed by atoms with Crippen LogP contribution in [0, 0.1) is 5.92 Å². The van der Waals surface area contributed by atoms with E-state index in [1.54, 1.807) is 12.3 Å². The smallest absolute Gasteiger partial charge is 0.188 e. The second-order valence-electron chi connectivity index (χ2n) is 4.76. The molecule has 1 heterocycles. The summed E-state index contributed by atoms with van der Waals surface area (Å²) >= 11 is 0. The summed E-state index contributed by atoms with van der Waals surface area (Å²) in [5, 5.41) is 20.7. The van der Waals surface area contributed by atoms with Gasteiger partial charge in [-0.3, -0.25) is 4.98 Å². The highest BCUT2D eigenvalue weighted by Crippen LogP contribution is 2.28. The Morgan fingerprint density at radius 2 is 2.28 bits per heavy atom. The van der Waals surface area contributed by atoms with Crippen LogP contribution in [-0.2, 0) is 0 Å². The average molecular weight is 250 g/mol. The Hall–Kier alpha value is -1.82. The minimum atomic E-state index is -0.121. The van der Waals surface area contributed by atoms with E-state index in [4.69, 9.17) is 10.9 Å². The topological polar surface area (TPSA) is 95.0 Å². The van der Waals surface area contributed by atoms with Gasteiger partial charge in [0.05, 0.1) is 18.0 Å². The van der Waals surface area contributed by atoms with Crippen molar-refractivity contribution in [2.24, 2.45) is 16.8 Å². The molecule has 1 saturated carbocycles. The predicted molar refractivity (Wildman–Crippen MR) is 68.7 cm³/mol. The third-order valence-corrected chi connectivity index (χ3v) is 3.30. The molecule has 0 saturated heterocycles. The number of oxime groups is 1. The monoisotopic (exact) mass is 250 g/mol. The van der Waals surface area contributed by atoms with Crippen molar-refractivity contribution < 1.29 is 10.3 Å². The molecular weight excluding hydrogens is 232 g/mol. The van der Waals surface area contributed by atoms with Crippen molar-refractivity contribution in [1.29, 1.82) is 0 Å². The molecule has 0 bridgehead atoms. The molecule has 6 heteroatoms. The lowest BCUT2D eigenvalue weighted by molar-refractivity contribution is 0.0465. The third kappa shape index (κ3) is 2.70. The van der Waals surface area contributed by atoms with Crippen LogP contribution in [0.2, 0.25) is 0 Å². The van der Waals surface area contributed by atoms with Gasteiger partial charge in [-0.25, -0.2) is 0 Å². The van der Waals surface area contributed by atoms with E-state index in [2.05, 4.69) is 15.0 Å². The maximum atomic E-state index is 9.24. The molecule has 0 atom stereocenters. The van der Waals surface area contributed by atoms with Gasteiger partial charge >= 0.3 is 0 Å². The standard InChI is InChI=1S/C12H18N4O2/c1-16(7-8-4-10(17)5-8)9-2-3-11(14-6-9)12(13)15-18/h2-3,6,8,10,17-18H,4-5,7H2,1H3,(H2,13,15). The van der Waals surface area contributed by atoms with Gasteiger partial charge in [-0.15, -0.1) is 0 Å². The van der Waals surface area contributed by atoms with Crippen molar-refractivity contribution in [1.82, 2.24) is 4.98 Å². The highest BCUT2D eigenvalue weighted by molar-refractivity contribution is 5.95. The first-order valence-corrected chi connectivity index (χ1v) is 5.93. The number of aliphatic hydroxyl groups excluding tert-OH is 1. The second kappa shape index (κ2) is 5.22. The number of nitrogens with two attached hydrogens (primary N) is 1. The van der Waals surface area contributed by atoms with E-state index in [0.717, 1.165) is 25.1 Å². The van der Waals surface area contributed by atoms with Gasteiger partial charge in [0.1, 0.15) is 5.69 Å². The summed E-state index contributed by atoms with van der Waals surface area (Å²) in [5.41, 5.74) is 6.87. The van der Waals surface area contributed by atoms with E-state index >= 15 is 0 Å². The number of pyridine rings is 1. The molecule has 0 unspecified atom stereocenters. The van der Waals surface area contributed by atoms with Crippen molar-refractivity contribution in [2.45, 2.75) is 18.9 Å². The van der Waals surface area contributed by atoms with Gasteiger partial charge in [-0.2, -0.15) is 0 Å². The van der Waals surface area contributed by atoms with Gasteiger partial charge in [0.15, 0.2) is 5.84 Å². The lowest BCUT2D eigenvalue weighted by Crippen LogP contribution is -2.37. The molecule has 0 aliphatic heterocycles. The maximum absolute atomic E-state index is 9.24. The summed E-state index contributed by atoms with van der Waals surface area (Å²) in [6, 6.07) is 3.60. The quantitative estimate of drug-likeness (QED) is 0.311. The van der Waals surface area contributed by atoms with Crippen LogP contribution < -0.4 is 10.6 Å². The number of aromatic nitrogens is 1. The number of hydrogen-bond donors (Lipinski definition) is 3. The zero-order chi connectivity index (χ0) is 13.1. The SMILES string of the molecule is CN(CC1CC(O)C1)c1ccc(/C(N)=N/O)nc1. The summed E-state index contributed by atoms with van der Waals surface area (Å²) in [4.78, 5) is 6.23. The normalized spacial score (nSPS) is 23.6. The van der Waals surface area contributed by atoms with Crippen LogP contribution in [0.4, 0.5) is 5.69 Å². The Kier molecular flexibility index (Phi) is 3.66. The van der Waals surface area contributed by atoms with Crippen molar-refractivity contribution in [2.75, 3.05) is 18.5 Å². The minimum Gasteiger partial charge on any atom is -0.409 e. The maximum Gasteiger partial charge on any atom is 0.188 e. The predicted octanol–water partition coefficient (Wildman–Crippen LogP) is 0.383. The molecule has 1 aromatic rings. The highest BCUT2D eigenvalue weighted by Gasteiger charge is 2.28. The molecule has 18 heavy (non-hydrogen) atoms. The van der Waals surface area contributed by atoms with E-state index in [1.807, 2.05) is 13.1 Å². The van der Waals surface area contributed by atoms with Crippen LogP contribution in [0.3, 0.4) is 0 Å². The Balaban J connectivity index is 1.96. The van der Waals surface area contributed by atoms with Gasteiger partial charge in [-0.1, -0.05) is 5.16 Å². The molecule has 1 aliphatic rings. The summed E-state index contributed by atoms with van der Waals surface area (Å²) in [6.45, 7) is 0.904. The van der Waals surface area contributed by atoms with Gasteiger partial charge in [0, 0.05) is 13.6 Å². The van der Waals surface area contributed by atoms with E-state index in [-0.39, 0.29) is 11.9 Å². The fourth-order valence-electron chi connectivity index (χ4n) is 2.16. The fraction of sp³-hybridized carbons (Fsp3) is 0.500. The first-order valence-electron chi connectivity index (χ1n) is 5.93. The van der Waals surface area contributed by atoms with Crippen LogP contribution in [0.5, 0.6) is 0 Å². The summed E-state index contributed by atoms with van der Waals surface area (Å²) in [6.07, 6.45) is 3.33. The molecule has 4 N–H and O–H groups in total. The molecule has 1 aliphatic carbocycles. The van der Waals surface area contributed by atoms with Crippen molar-refractivity contribution in [3.63, 3.8) is 0 Å². The number of anilines is 1. The van der Waals surface area contributed by atoms with Gasteiger partial charge in [0.25, 0.3) is 0 Å². The largest absolute Gasteiger partial charge is 0.409 e. The number of rotatable bonds is 4. The molecule has 1 aromatic heterocycles. The van der Waals surface area contributed by atoms with Crippen molar-refractivity contribution >= 4 is 11.5 Å². The molecule has 0 aromatic carbocycles. The first kappa shape index (κ1) is 12.6. The Morgan fingerprint density at radius 1 is 1.56 bits per heavy atom. The minimum absolute atomic E-state index is 0.00585. The van der Waals surface area contributed by atoms with Gasteiger partial charge in [-0.05, 0) is 30.9 Å². The van der Waals surface area contributed by atoms with E-state index in [9.17, 15) is 5.11 Å². The molecule has 98 valence electrons. The van der Waals surface area contributed by atoms with Crippen LogP contribution in [-0.4, -0.2) is 40.8 Å². The van der Waals surface area contributed by atoms with Crippen LogP contribution in [0.15, 0.2) is 23.5 Å². The Morgan fingerprint density at radius 3 is 2.78 bits per heavy atom. The first-order chi connectivity index (χ1) is 8.60. The number of aliphatic hydroxyl groups is 1. The van der Waals surface area contributed by atoms with Crippen LogP contribution in [0.1, 0.15) is 18.5 Å². The zero-order valence-corrected chi connectivity index (χ0v) is 10.3. The molecule has 1 fully saturated rings. The van der Waals surface area contributed by atoms with E-state index in [1.165, 1.54) is 0 Å². The average Bonchev–Trinajstić information content (AvgIpc) is 2.36. The van der Waals surface area contributed by atoms with Gasteiger partial charge < -0.3 is 20.9 Å². The van der Waals surface area contributed by atoms with Crippen LogP contribution >= 0.6 is 0 Å². The molecule has 6 nitrogen and oxygen atoms in total. The third-order valence-electron chi connectivity index (χ3n) is 3.30. The van der Waals surface area contributed by atoms with Crippen LogP contribution in [0.25, 0.3) is 0 Å². The molecular formula is C12H18N4O2. The van der Waals surface area contributed by atoms with E-state index in [0.29, 0.717) is 11.6 Å². The number of hydrogen-bond acceptors (Lipinski definition) is 5. The van der Waals surface area contributed by atoms with Gasteiger partial charge in [0.2, 0.25) is 0 Å². The molecule has 2 rings (SSSR count).